The molecule has 0 amide bonds. The van der Waals surface area contributed by atoms with Crippen LogP contribution in [0.5, 0.6) is 5.75 Å². The van der Waals surface area contributed by atoms with Crippen LogP contribution in [0.1, 0.15) is 0 Å². The van der Waals surface area contributed by atoms with E-state index in [4.69, 9.17) is 4.74 Å². The van der Waals surface area contributed by atoms with Crippen LogP contribution in [0.3, 0.4) is 0 Å². The molecular weight excluding hydrogens is 210 g/mol. The van der Waals surface area contributed by atoms with Crippen molar-refractivity contribution in [3.05, 3.63) is 27.1 Å². The van der Waals surface area contributed by atoms with Gasteiger partial charge in [-0.15, -0.1) is 0 Å². The quantitative estimate of drug-likeness (QED) is 0.708. The number of aryl methyl sites for hydroxylation is 1. The fraction of sp³-hybridized carbons (Fsp3) is 0.286. The Labute approximate surface area is 72.7 Å². The van der Waals surface area contributed by atoms with Crippen molar-refractivity contribution < 1.29 is 4.74 Å². The van der Waals surface area contributed by atoms with Gasteiger partial charge in [0, 0.05) is 19.3 Å². The minimum absolute atomic E-state index is 0.0787. The van der Waals surface area contributed by atoms with E-state index in [2.05, 4.69) is 15.9 Å². The predicted molar refractivity (Wildman–Crippen MR) is 45.9 cm³/mol. The number of ether oxygens (including phenoxy) is 1. The van der Waals surface area contributed by atoms with Crippen LogP contribution in [-0.2, 0) is 7.05 Å². The minimum atomic E-state index is -0.0787. The Bertz CT molecular complexity index is 319. The van der Waals surface area contributed by atoms with Crippen LogP contribution >= 0.6 is 15.9 Å². The first-order valence-corrected chi connectivity index (χ1v) is 3.84. The Morgan fingerprint density at radius 2 is 2.27 bits per heavy atom. The van der Waals surface area contributed by atoms with Gasteiger partial charge >= 0.3 is 0 Å². The molecule has 0 fully saturated rings. The minimum Gasteiger partial charge on any atom is -0.495 e. The van der Waals surface area contributed by atoms with Gasteiger partial charge in [-0.2, -0.15) is 0 Å². The number of rotatable bonds is 1. The molecule has 60 valence electrons. The lowest BCUT2D eigenvalue weighted by Gasteiger charge is -2.03. The third kappa shape index (κ3) is 1.63. The molecule has 0 atom stereocenters. The third-order valence-corrected chi connectivity index (χ3v) is 1.96. The second kappa shape index (κ2) is 3.09. The molecule has 1 rings (SSSR count). The molecule has 0 aliphatic heterocycles. The Kier molecular flexibility index (Phi) is 2.34. The summed E-state index contributed by atoms with van der Waals surface area (Å²) in [4.78, 5) is 11.0. The van der Waals surface area contributed by atoms with Crippen molar-refractivity contribution in [2.75, 3.05) is 7.11 Å². The van der Waals surface area contributed by atoms with Crippen LogP contribution in [0.25, 0.3) is 0 Å². The Hall–Kier alpha value is -0.770. The van der Waals surface area contributed by atoms with Crippen LogP contribution in [0.2, 0.25) is 0 Å². The molecule has 1 aromatic rings. The number of nitrogens with zero attached hydrogens (tertiary/aromatic N) is 1. The molecule has 0 saturated carbocycles. The van der Waals surface area contributed by atoms with Gasteiger partial charge < -0.3 is 9.30 Å². The first-order chi connectivity index (χ1) is 5.15. The molecule has 0 bridgehead atoms. The summed E-state index contributed by atoms with van der Waals surface area (Å²) < 4.78 is 7.18. The first kappa shape index (κ1) is 8.33. The van der Waals surface area contributed by atoms with Crippen molar-refractivity contribution in [2.45, 2.75) is 0 Å². The molecule has 4 heteroatoms. The van der Waals surface area contributed by atoms with Crippen LogP contribution in [0.15, 0.2) is 21.5 Å². The van der Waals surface area contributed by atoms with E-state index in [0.717, 1.165) is 4.47 Å². The van der Waals surface area contributed by atoms with Crippen molar-refractivity contribution in [3.63, 3.8) is 0 Å². The second-order valence-electron chi connectivity index (χ2n) is 2.14. The molecule has 0 saturated heterocycles. The summed E-state index contributed by atoms with van der Waals surface area (Å²) in [7, 11) is 3.21. The fourth-order valence-corrected chi connectivity index (χ4v) is 1.32. The fourth-order valence-electron chi connectivity index (χ4n) is 0.737. The molecule has 0 aliphatic rings. The van der Waals surface area contributed by atoms with E-state index >= 15 is 0 Å². The standard InChI is InChI=1S/C7H8BrNO2/c1-9-4-5(8)6(11-2)3-7(9)10/h3-4H,1-2H3. The number of pyridine rings is 1. The smallest absolute Gasteiger partial charge is 0.254 e. The molecular formula is C7H8BrNO2. The molecule has 1 aromatic heterocycles. The zero-order valence-corrected chi connectivity index (χ0v) is 7.88. The van der Waals surface area contributed by atoms with Crippen LogP contribution < -0.4 is 10.3 Å². The highest BCUT2D eigenvalue weighted by Gasteiger charge is 2.00. The van der Waals surface area contributed by atoms with Gasteiger partial charge in [-0.05, 0) is 15.9 Å². The molecule has 0 spiro atoms. The SMILES string of the molecule is COc1cc(=O)n(C)cc1Br. The summed E-state index contributed by atoms with van der Waals surface area (Å²) in [6.45, 7) is 0. The molecule has 1 heterocycles. The van der Waals surface area contributed by atoms with Crippen molar-refractivity contribution in [2.24, 2.45) is 7.05 Å². The first-order valence-electron chi connectivity index (χ1n) is 3.05. The Balaban J connectivity index is 3.32. The highest BCUT2D eigenvalue weighted by atomic mass is 79.9. The van der Waals surface area contributed by atoms with Crippen molar-refractivity contribution in [1.29, 1.82) is 0 Å². The molecule has 3 nitrogen and oxygen atoms in total. The highest BCUT2D eigenvalue weighted by molar-refractivity contribution is 9.10. The van der Waals surface area contributed by atoms with Gasteiger partial charge in [0.15, 0.2) is 0 Å². The van der Waals surface area contributed by atoms with E-state index in [1.165, 1.54) is 17.7 Å². The van der Waals surface area contributed by atoms with Crippen LogP contribution in [0, 0.1) is 0 Å². The molecule has 0 unspecified atom stereocenters. The number of methoxy groups -OCH3 is 1. The van der Waals surface area contributed by atoms with E-state index < -0.39 is 0 Å². The van der Waals surface area contributed by atoms with Crippen molar-refractivity contribution in [3.8, 4) is 5.75 Å². The zero-order chi connectivity index (χ0) is 8.43. The van der Waals surface area contributed by atoms with Crippen molar-refractivity contribution in [1.82, 2.24) is 4.57 Å². The van der Waals surface area contributed by atoms with E-state index in [1.807, 2.05) is 0 Å². The second-order valence-corrected chi connectivity index (χ2v) is 2.99. The summed E-state index contributed by atoms with van der Waals surface area (Å²) >= 11 is 3.26. The summed E-state index contributed by atoms with van der Waals surface area (Å²) in [6.07, 6.45) is 1.67. The summed E-state index contributed by atoms with van der Waals surface area (Å²) in [5.41, 5.74) is -0.0787. The maximum Gasteiger partial charge on any atom is 0.254 e. The van der Waals surface area contributed by atoms with E-state index in [0.29, 0.717) is 5.75 Å². The number of aromatic nitrogens is 1. The Morgan fingerprint density at radius 1 is 1.64 bits per heavy atom. The summed E-state index contributed by atoms with van der Waals surface area (Å²) in [6, 6.07) is 1.43. The van der Waals surface area contributed by atoms with Gasteiger partial charge in [-0.25, -0.2) is 0 Å². The lowest BCUT2D eigenvalue weighted by molar-refractivity contribution is 0.410. The average molecular weight is 218 g/mol. The molecule has 0 radical (unpaired) electrons. The zero-order valence-electron chi connectivity index (χ0n) is 6.30. The van der Waals surface area contributed by atoms with E-state index in [-0.39, 0.29) is 5.56 Å². The topological polar surface area (TPSA) is 31.2 Å². The van der Waals surface area contributed by atoms with Gasteiger partial charge in [0.1, 0.15) is 5.75 Å². The average Bonchev–Trinajstić information content (AvgIpc) is 1.97. The number of hydrogen-bond acceptors (Lipinski definition) is 2. The third-order valence-electron chi connectivity index (χ3n) is 1.36. The van der Waals surface area contributed by atoms with Crippen molar-refractivity contribution >= 4 is 15.9 Å². The Morgan fingerprint density at radius 3 is 2.82 bits per heavy atom. The maximum absolute atomic E-state index is 11.0. The van der Waals surface area contributed by atoms with Gasteiger partial charge in [-0.3, -0.25) is 4.79 Å². The normalized spacial score (nSPS) is 9.73. The molecule has 0 aromatic carbocycles. The summed E-state index contributed by atoms with van der Waals surface area (Å²) in [5, 5.41) is 0. The van der Waals surface area contributed by atoms with Crippen LogP contribution in [-0.4, -0.2) is 11.7 Å². The molecule has 11 heavy (non-hydrogen) atoms. The lowest BCUT2D eigenvalue weighted by atomic mass is 10.4. The largest absolute Gasteiger partial charge is 0.495 e. The number of halogens is 1. The lowest BCUT2D eigenvalue weighted by Crippen LogP contribution is -2.14. The van der Waals surface area contributed by atoms with Crippen LogP contribution in [0.4, 0.5) is 0 Å². The monoisotopic (exact) mass is 217 g/mol. The molecule has 0 N–H and O–H groups in total. The number of hydrogen-bond donors (Lipinski definition) is 0. The van der Waals surface area contributed by atoms with E-state index in [1.54, 1.807) is 13.2 Å². The van der Waals surface area contributed by atoms with E-state index in [9.17, 15) is 4.79 Å². The van der Waals surface area contributed by atoms with Gasteiger partial charge in [0.25, 0.3) is 5.56 Å². The molecule has 0 aliphatic carbocycles. The predicted octanol–water partition coefficient (Wildman–Crippen LogP) is 1.16. The van der Waals surface area contributed by atoms with Gasteiger partial charge in [-0.1, -0.05) is 0 Å². The van der Waals surface area contributed by atoms with Gasteiger partial charge in [0.05, 0.1) is 11.6 Å². The summed E-state index contributed by atoms with van der Waals surface area (Å²) in [5.74, 6) is 0.563. The maximum atomic E-state index is 11.0. The van der Waals surface area contributed by atoms with Gasteiger partial charge in [0.2, 0.25) is 0 Å². The highest BCUT2D eigenvalue weighted by Crippen LogP contribution is 2.20.